The second kappa shape index (κ2) is 10.6. The quantitative estimate of drug-likeness (QED) is 0.582. The average molecular weight is 361 g/mol. The molecule has 0 saturated heterocycles. The summed E-state index contributed by atoms with van der Waals surface area (Å²) < 4.78 is 5.80. The number of carbonyl (C=O) groups excluding carboxylic acids is 1. The highest BCUT2D eigenvalue weighted by atomic mass is 16.5. The molecule has 0 aliphatic heterocycles. The first-order valence-electron chi connectivity index (χ1n) is 10.3. The molecule has 0 heterocycles. The zero-order valence-corrected chi connectivity index (χ0v) is 16.6. The molecule has 0 aromatic heterocycles. The number of nitrogens with one attached hydrogen (secondary N) is 1. The van der Waals surface area contributed by atoms with Crippen LogP contribution >= 0.6 is 0 Å². The minimum absolute atomic E-state index is 0.0868. The van der Waals surface area contributed by atoms with Gasteiger partial charge >= 0.3 is 0 Å². The van der Waals surface area contributed by atoms with Crippen LogP contribution in [0.4, 0.5) is 0 Å². The van der Waals surface area contributed by atoms with Crippen molar-refractivity contribution in [2.75, 3.05) is 19.7 Å². The number of hydrogen-bond donors (Lipinski definition) is 2. The molecular weight excluding hydrogens is 324 g/mol. The molecule has 1 aliphatic rings. The summed E-state index contributed by atoms with van der Waals surface area (Å²) in [7, 11) is 0. The van der Waals surface area contributed by atoms with Gasteiger partial charge in [0.25, 0.3) is 0 Å². The van der Waals surface area contributed by atoms with Gasteiger partial charge in [0.2, 0.25) is 5.91 Å². The zero-order valence-electron chi connectivity index (χ0n) is 16.6. The molecule has 2 rings (SSSR count). The Kier molecular flexibility index (Phi) is 8.43. The van der Waals surface area contributed by atoms with Gasteiger partial charge in [0, 0.05) is 18.4 Å². The molecule has 0 bridgehead atoms. The molecule has 0 atom stereocenters. The van der Waals surface area contributed by atoms with Crippen LogP contribution in [0.5, 0.6) is 5.75 Å². The highest BCUT2D eigenvalue weighted by Gasteiger charge is 2.35. The van der Waals surface area contributed by atoms with E-state index in [1.165, 1.54) is 18.4 Å². The van der Waals surface area contributed by atoms with Crippen LogP contribution in [0, 0.1) is 5.92 Å². The maximum atomic E-state index is 12.2. The summed E-state index contributed by atoms with van der Waals surface area (Å²) in [5.41, 5.74) is 6.92. The van der Waals surface area contributed by atoms with E-state index in [0.29, 0.717) is 18.9 Å². The van der Waals surface area contributed by atoms with Gasteiger partial charge in [-0.1, -0.05) is 45.2 Å². The Morgan fingerprint density at radius 1 is 1.15 bits per heavy atom. The number of nitrogens with two attached hydrogens (primary N) is 1. The second-order valence-electron chi connectivity index (χ2n) is 8.09. The van der Waals surface area contributed by atoms with Crippen molar-refractivity contribution in [3.63, 3.8) is 0 Å². The van der Waals surface area contributed by atoms with Crippen LogP contribution in [0.25, 0.3) is 0 Å². The molecule has 1 saturated carbocycles. The molecule has 0 spiro atoms. The minimum atomic E-state index is 0.0868. The predicted octanol–water partition coefficient (Wildman–Crippen LogP) is 4.17. The fourth-order valence-corrected chi connectivity index (χ4v) is 3.75. The topological polar surface area (TPSA) is 64.3 Å². The highest BCUT2D eigenvalue weighted by Crippen LogP contribution is 2.41. The van der Waals surface area contributed by atoms with Gasteiger partial charge in [0.1, 0.15) is 5.75 Å². The molecule has 1 aromatic carbocycles. The first-order valence-corrected chi connectivity index (χ1v) is 10.3. The number of amides is 1. The smallest absolute Gasteiger partial charge is 0.220 e. The van der Waals surface area contributed by atoms with Crippen LogP contribution in [0.3, 0.4) is 0 Å². The lowest BCUT2D eigenvalue weighted by Crippen LogP contribution is -2.38. The van der Waals surface area contributed by atoms with Crippen molar-refractivity contribution in [1.29, 1.82) is 0 Å². The van der Waals surface area contributed by atoms with Gasteiger partial charge < -0.3 is 15.8 Å². The molecule has 0 radical (unpaired) electrons. The van der Waals surface area contributed by atoms with Crippen LogP contribution in [0.2, 0.25) is 0 Å². The van der Waals surface area contributed by atoms with E-state index in [2.05, 4.69) is 43.4 Å². The van der Waals surface area contributed by atoms with Gasteiger partial charge in [-0.3, -0.25) is 4.79 Å². The van der Waals surface area contributed by atoms with E-state index < -0.39 is 0 Å². The van der Waals surface area contributed by atoms with E-state index in [0.717, 1.165) is 51.0 Å². The van der Waals surface area contributed by atoms with Crippen molar-refractivity contribution >= 4 is 5.91 Å². The highest BCUT2D eigenvalue weighted by molar-refractivity contribution is 5.76. The van der Waals surface area contributed by atoms with Crippen LogP contribution in [0.1, 0.15) is 70.8 Å². The Bertz CT molecular complexity index is 534. The third-order valence-corrected chi connectivity index (χ3v) is 5.34. The van der Waals surface area contributed by atoms with Crippen LogP contribution in [0.15, 0.2) is 24.3 Å². The lowest BCUT2D eigenvalue weighted by Gasteiger charge is -2.30. The molecule has 1 amide bonds. The fraction of sp³-hybridized carbons (Fsp3) is 0.682. The normalized spacial score (nSPS) is 16.0. The molecule has 26 heavy (non-hydrogen) atoms. The van der Waals surface area contributed by atoms with Crippen molar-refractivity contribution in [1.82, 2.24) is 5.32 Å². The van der Waals surface area contributed by atoms with Crippen molar-refractivity contribution in [2.24, 2.45) is 11.7 Å². The largest absolute Gasteiger partial charge is 0.493 e. The summed E-state index contributed by atoms with van der Waals surface area (Å²) in [5.74, 6) is 1.63. The monoisotopic (exact) mass is 360 g/mol. The van der Waals surface area contributed by atoms with E-state index in [-0.39, 0.29) is 11.3 Å². The lowest BCUT2D eigenvalue weighted by molar-refractivity contribution is -0.121. The number of hydrogen-bond acceptors (Lipinski definition) is 3. The van der Waals surface area contributed by atoms with E-state index in [1.54, 1.807) is 0 Å². The van der Waals surface area contributed by atoms with Gasteiger partial charge in [-0.05, 0) is 55.8 Å². The fourth-order valence-electron chi connectivity index (χ4n) is 3.75. The summed E-state index contributed by atoms with van der Waals surface area (Å²) in [6.07, 6.45) is 8.33. The SMILES string of the molecule is CC(C)COc1ccc(C2(CNC(=O)CCCCCN)CCCC2)cc1. The van der Waals surface area contributed by atoms with Crippen molar-refractivity contribution in [2.45, 2.75) is 70.6 Å². The Morgan fingerprint density at radius 3 is 2.46 bits per heavy atom. The summed E-state index contributed by atoms with van der Waals surface area (Å²) >= 11 is 0. The number of ether oxygens (including phenoxy) is 1. The van der Waals surface area contributed by atoms with E-state index in [9.17, 15) is 4.79 Å². The standard InChI is InChI=1S/C22H36N2O2/c1-18(2)16-26-20-11-9-19(10-12-20)22(13-5-6-14-22)17-24-21(25)8-4-3-7-15-23/h9-12,18H,3-8,13-17,23H2,1-2H3,(H,24,25). The molecular formula is C22H36N2O2. The molecule has 0 unspecified atom stereocenters. The third kappa shape index (κ3) is 6.31. The molecule has 146 valence electrons. The van der Waals surface area contributed by atoms with Gasteiger partial charge in [-0.15, -0.1) is 0 Å². The minimum Gasteiger partial charge on any atom is -0.493 e. The second-order valence-corrected chi connectivity index (χ2v) is 8.09. The third-order valence-electron chi connectivity index (χ3n) is 5.34. The molecule has 4 heteroatoms. The average Bonchev–Trinajstić information content (AvgIpc) is 3.12. The summed E-state index contributed by atoms with van der Waals surface area (Å²) in [6, 6.07) is 8.53. The Balaban J connectivity index is 1.91. The van der Waals surface area contributed by atoms with Crippen LogP contribution in [-0.2, 0) is 10.2 Å². The first-order chi connectivity index (χ1) is 12.6. The van der Waals surface area contributed by atoms with Gasteiger partial charge in [0.05, 0.1) is 6.61 Å². The molecule has 1 aliphatic carbocycles. The lowest BCUT2D eigenvalue weighted by atomic mass is 9.78. The molecule has 1 fully saturated rings. The van der Waals surface area contributed by atoms with Gasteiger partial charge in [-0.25, -0.2) is 0 Å². The summed E-state index contributed by atoms with van der Waals surface area (Å²) in [4.78, 5) is 12.2. The maximum absolute atomic E-state index is 12.2. The number of rotatable bonds is 11. The van der Waals surface area contributed by atoms with Gasteiger partial charge in [-0.2, -0.15) is 0 Å². The van der Waals surface area contributed by atoms with E-state index >= 15 is 0 Å². The number of carbonyl (C=O) groups is 1. The summed E-state index contributed by atoms with van der Waals surface area (Å²) in [5, 5.41) is 3.19. The molecule has 3 N–H and O–H groups in total. The number of unbranched alkanes of at least 4 members (excludes halogenated alkanes) is 2. The molecule has 4 nitrogen and oxygen atoms in total. The van der Waals surface area contributed by atoms with Crippen molar-refractivity contribution in [3.05, 3.63) is 29.8 Å². The van der Waals surface area contributed by atoms with Crippen molar-refractivity contribution < 1.29 is 9.53 Å². The maximum Gasteiger partial charge on any atom is 0.220 e. The Morgan fingerprint density at radius 2 is 1.85 bits per heavy atom. The Labute approximate surface area is 158 Å². The van der Waals surface area contributed by atoms with E-state index in [4.69, 9.17) is 10.5 Å². The van der Waals surface area contributed by atoms with Gasteiger partial charge in [0.15, 0.2) is 0 Å². The van der Waals surface area contributed by atoms with Crippen molar-refractivity contribution in [3.8, 4) is 5.75 Å². The Hall–Kier alpha value is -1.55. The van der Waals surface area contributed by atoms with E-state index in [1.807, 2.05) is 0 Å². The summed E-state index contributed by atoms with van der Waals surface area (Å²) in [6.45, 7) is 6.50. The number of benzene rings is 1. The predicted molar refractivity (Wildman–Crippen MR) is 107 cm³/mol. The zero-order chi connectivity index (χ0) is 18.8. The molecule has 1 aromatic rings. The van der Waals surface area contributed by atoms with Crippen LogP contribution in [-0.4, -0.2) is 25.6 Å². The van der Waals surface area contributed by atoms with Crippen LogP contribution < -0.4 is 15.8 Å². The first kappa shape index (κ1) is 20.8.